The standard InChI is InChI=1S/C22H28N2O4/c1-26-20-8-7-19(13-21(20)27-2)14-22(25)23-15-17-3-5-18(6-4-17)16-24-9-11-28-12-10-24/h3-8,13H,9-12,14-16H2,1-2H3,(H,23,25). The Bertz CT molecular complexity index is 771. The second kappa shape index (κ2) is 10.1. The highest BCUT2D eigenvalue weighted by Gasteiger charge is 2.11. The number of nitrogens with zero attached hydrogens (tertiary/aromatic N) is 1. The second-order valence-corrected chi connectivity index (χ2v) is 6.85. The lowest BCUT2D eigenvalue weighted by atomic mass is 10.1. The molecule has 1 heterocycles. The van der Waals surface area contributed by atoms with Crippen LogP contribution in [0.1, 0.15) is 16.7 Å². The summed E-state index contributed by atoms with van der Waals surface area (Å²) in [5.74, 6) is 1.26. The topological polar surface area (TPSA) is 60.0 Å². The van der Waals surface area contributed by atoms with Gasteiger partial charge in [0.15, 0.2) is 11.5 Å². The molecule has 0 aromatic heterocycles. The first-order valence-electron chi connectivity index (χ1n) is 9.53. The lowest BCUT2D eigenvalue weighted by molar-refractivity contribution is -0.120. The van der Waals surface area contributed by atoms with E-state index in [1.165, 1.54) is 5.56 Å². The number of hydrogen-bond donors (Lipinski definition) is 1. The highest BCUT2D eigenvalue weighted by molar-refractivity contribution is 5.78. The summed E-state index contributed by atoms with van der Waals surface area (Å²) in [4.78, 5) is 14.7. The first-order chi connectivity index (χ1) is 13.7. The summed E-state index contributed by atoms with van der Waals surface area (Å²) >= 11 is 0. The minimum atomic E-state index is -0.0235. The zero-order valence-corrected chi connectivity index (χ0v) is 16.6. The van der Waals surface area contributed by atoms with E-state index in [2.05, 4.69) is 34.5 Å². The Morgan fingerprint density at radius 1 is 0.964 bits per heavy atom. The van der Waals surface area contributed by atoms with Crippen molar-refractivity contribution in [2.45, 2.75) is 19.5 Å². The van der Waals surface area contributed by atoms with Crippen LogP contribution in [0.4, 0.5) is 0 Å². The normalized spacial score (nSPS) is 14.5. The Morgan fingerprint density at radius 2 is 1.61 bits per heavy atom. The van der Waals surface area contributed by atoms with E-state index in [1.807, 2.05) is 18.2 Å². The number of carbonyl (C=O) groups excluding carboxylic acids is 1. The van der Waals surface area contributed by atoms with E-state index < -0.39 is 0 Å². The van der Waals surface area contributed by atoms with Crippen molar-refractivity contribution in [3.63, 3.8) is 0 Å². The number of nitrogens with one attached hydrogen (secondary N) is 1. The van der Waals surface area contributed by atoms with E-state index >= 15 is 0 Å². The minimum Gasteiger partial charge on any atom is -0.493 e. The Hall–Kier alpha value is -2.57. The van der Waals surface area contributed by atoms with Gasteiger partial charge in [-0.2, -0.15) is 0 Å². The maximum Gasteiger partial charge on any atom is 0.224 e. The molecule has 1 saturated heterocycles. The van der Waals surface area contributed by atoms with Crippen LogP contribution in [0.25, 0.3) is 0 Å². The zero-order chi connectivity index (χ0) is 19.8. The number of methoxy groups -OCH3 is 2. The van der Waals surface area contributed by atoms with Crippen LogP contribution in [-0.4, -0.2) is 51.3 Å². The highest BCUT2D eigenvalue weighted by atomic mass is 16.5. The van der Waals surface area contributed by atoms with E-state index in [0.717, 1.165) is 44.0 Å². The van der Waals surface area contributed by atoms with Crippen molar-refractivity contribution < 1.29 is 19.0 Å². The third kappa shape index (κ3) is 5.71. The van der Waals surface area contributed by atoms with Crippen LogP contribution in [0.2, 0.25) is 0 Å². The fraction of sp³-hybridized carbons (Fsp3) is 0.409. The average Bonchev–Trinajstić information content (AvgIpc) is 2.74. The van der Waals surface area contributed by atoms with Crippen molar-refractivity contribution in [2.24, 2.45) is 0 Å². The molecule has 0 radical (unpaired) electrons. The van der Waals surface area contributed by atoms with Gasteiger partial charge in [-0.3, -0.25) is 9.69 Å². The molecule has 6 heteroatoms. The van der Waals surface area contributed by atoms with Crippen molar-refractivity contribution in [2.75, 3.05) is 40.5 Å². The molecule has 2 aromatic rings. The number of hydrogen-bond acceptors (Lipinski definition) is 5. The maximum atomic E-state index is 12.3. The average molecular weight is 384 g/mol. The largest absolute Gasteiger partial charge is 0.493 e. The van der Waals surface area contributed by atoms with Gasteiger partial charge in [0.2, 0.25) is 5.91 Å². The van der Waals surface area contributed by atoms with E-state index in [0.29, 0.717) is 24.5 Å². The molecule has 1 N–H and O–H groups in total. The van der Waals surface area contributed by atoms with Crippen LogP contribution in [0.3, 0.4) is 0 Å². The summed E-state index contributed by atoms with van der Waals surface area (Å²) in [5.41, 5.74) is 3.25. The van der Waals surface area contributed by atoms with Crippen LogP contribution in [-0.2, 0) is 29.0 Å². The number of carbonyl (C=O) groups is 1. The minimum absolute atomic E-state index is 0.0235. The fourth-order valence-corrected chi connectivity index (χ4v) is 3.22. The van der Waals surface area contributed by atoms with Crippen LogP contribution in [0.15, 0.2) is 42.5 Å². The van der Waals surface area contributed by atoms with Crippen LogP contribution < -0.4 is 14.8 Å². The molecular formula is C22H28N2O4. The van der Waals surface area contributed by atoms with Gasteiger partial charge in [-0.15, -0.1) is 0 Å². The molecule has 1 aliphatic heterocycles. The third-order valence-electron chi connectivity index (χ3n) is 4.84. The molecule has 1 fully saturated rings. The van der Waals surface area contributed by atoms with Crippen LogP contribution in [0.5, 0.6) is 11.5 Å². The number of rotatable bonds is 8. The van der Waals surface area contributed by atoms with Gasteiger partial charge in [-0.25, -0.2) is 0 Å². The monoisotopic (exact) mass is 384 g/mol. The summed E-state index contributed by atoms with van der Waals surface area (Å²) in [5, 5.41) is 2.98. The predicted molar refractivity (Wildman–Crippen MR) is 108 cm³/mol. The Kier molecular flexibility index (Phi) is 7.28. The van der Waals surface area contributed by atoms with Gasteiger partial charge in [0, 0.05) is 26.2 Å². The molecule has 0 spiro atoms. The summed E-state index contributed by atoms with van der Waals surface area (Å²) in [7, 11) is 3.18. The Balaban J connectivity index is 1.47. The first-order valence-corrected chi connectivity index (χ1v) is 9.53. The SMILES string of the molecule is COc1ccc(CC(=O)NCc2ccc(CN3CCOCC3)cc2)cc1OC. The van der Waals surface area contributed by atoms with E-state index in [4.69, 9.17) is 14.2 Å². The molecule has 0 saturated carbocycles. The van der Waals surface area contributed by atoms with Gasteiger partial charge in [-0.05, 0) is 28.8 Å². The van der Waals surface area contributed by atoms with Crippen LogP contribution in [0, 0.1) is 0 Å². The summed E-state index contributed by atoms with van der Waals surface area (Å²) in [6.07, 6.45) is 0.301. The molecule has 0 bridgehead atoms. The molecule has 1 amide bonds. The third-order valence-corrected chi connectivity index (χ3v) is 4.84. The van der Waals surface area contributed by atoms with Gasteiger partial charge in [-0.1, -0.05) is 30.3 Å². The zero-order valence-electron chi connectivity index (χ0n) is 16.6. The highest BCUT2D eigenvalue weighted by Crippen LogP contribution is 2.27. The summed E-state index contributed by atoms with van der Waals surface area (Å²) in [6.45, 7) is 5.04. The molecular weight excluding hydrogens is 356 g/mol. The molecule has 3 rings (SSSR count). The van der Waals surface area contributed by atoms with E-state index in [1.54, 1.807) is 14.2 Å². The fourth-order valence-electron chi connectivity index (χ4n) is 3.22. The number of morpholine rings is 1. The molecule has 6 nitrogen and oxygen atoms in total. The molecule has 1 aliphatic rings. The Morgan fingerprint density at radius 3 is 2.29 bits per heavy atom. The van der Waals surface area contributed by atoms with Crippen molar-refractivity contribution in [3.8, 4) is 11.5 Å². The second-order valence-electron chi connectivity index (χ2n) is 6.85. The van der Waals surface area contributed by atoms with Crippen molar-refractivity contribution >= 4 is 5.91 Å². The molecule has 0 aliphatic carbocycles. The Labute approximate surface area is 166 Å². The molecule has 2 aromatic carbocycles. The molecule has 0 atom stereocenters. The molecule has 150 valence electrons. The lowest BCUT2D eigenvalue weighted by Crippen LogP contribution is -2.35. The van der Waals surface area contributed by atoms with Gasteiger partial charge in [0.05, 0.1) is 33.9 Å². The van der Waals surface area contributed by atoms with Crippen molar-refractivity contribution in [1.29, 1.82) is 0 Å². The molecule has 28 heavy (non-hydrogen) atoms. The predicted octanol–water partition coefficient (Wildman–Crippen LogP) is 2.39. The van der Waals surface area contributed by atoms with Crippen molar-refractivity contribution in [1.82, 2.24) is 10.2 Å². The van der Waals surface area contributed by atoms with Gasteiger partial charge < -0.3 is 19.5 Å². The molecule has 0 unspecified atom stereocenters. The van der Waals surface area contributed by atoms with Gasteiger partial charge >= 0.3 is 0 Å². The summed E-state index contributed by atoms with van der Waals surface area (Å²) in [6, 6.07) is 13.9. The first kappa shape index (κ1) is 20.2. The van der Waals surface area contributed by atoms with Gasteiger partial charge in [0.25, 0.3) is 0 Å². The van der Waals surface area contributed by atoms with Gasteiger partial charge in [0.1, 0.15) is 0 Å². The van der Waals surface area contributed by atoms with E-state index in [-0.39, 0.29) is 5.91 Å². The number of amides is 1. The van der Waals surface area contributed by atoms with E-state index in [9.17, 15) is 4.79 Å². The number of benzene rings is 2. The summed E-state index contributed by atoms with van der Waals surface area (Å²) < 4.78 is 15.9. The van der Waals surface area contributed by atoms with Crippen molar-refractivity contribution in [3.05, 3.63) is 59.2 Å². The maximum absolute atomic E-state index is 12.3. The number of ether oxygens (including phenoxy) is 3. The van der Waals surface area contributed by atoms with Crippen LogP contribution >= 0.6 is 0 Å². The smallest absolute Gasteiger partial charge is 0.224 e. The quantitative estimate of drug-likeness (QED) is 0.757. The lowest BCUT2D eigenvalue weighted by Gasteiger charge is -2.26.